The number of benzene rings is 1. The van der Waals surface area contributed by atoms with Crippen molar-refractivity contribution in [2.45, 2.75) is 36.7 Å². The first-order chi connectivity index (χ1) is 8.61. The Labute approximate surface area is 113 Å². The van der Waals surface area contributed by atoms with E-state index in [1.54, 1.807) is 11.8 Å². The van der Waals surface area contributed by atoms with Gasteiger partial charge in [-0.25, -0.2) is 0 Å². The van der Waals surface area contributed by atoms with E-state index in [4.69, 9.17) is 5.73 Å². The van der Waals surface area contributed by atoms with E-state index in [0.717, 1.165) is 24.9 Å². The van der Waals surface area contributed by atoms with Gasteiger partial charge in [-0.15, -0.1) is 11.8 Å². The quantitative estimate of drug-likeness (QED) is 0.834. The Morgan fingerprint density at radius 2 is 2.06 bits per heavy atom. The molecule has 1 heterocycles. The van der Waals surface area contributed by atoms with Gasteiger partial charge in [0.1, 0.15) is 0 Å². The Hall–Kier alpha value is -1.00. The molecule has 1 saturated heterocycles. The van der Waals surface area contributed by atoms with Crippen LogP contribution < -0.4 is 5.73 Å². The zero-order valence-electron chi connectivity index (χ0n) is 10.9. The summed E-state index contributed by atoms with van der Waals surface area (Å²) < 4.78 is 0. The summed E-state index contributed by atoms with van der Waals surface area (Å²) in [5.41, 5.74) is 6.70. The van der Waals surface area contributed by atoms with Gasteiger partial charge in [0.25, 0.3) is 5.91 Å². The minimum atomic E-state index is 0.127. The zero-order valence-corrected chi connectivity index (χ0v) is 11.7. The lowest BCUT2D eigenvalue weighted by molar-refractivity contribution is 0.0619. The SMILES string of the molecule is CSc1ccc(C(=O)N2CCC(N)CC2C)cc1. The summed E-state index contributed by atoms with van der Waals surface area (Å²) in [6, 6.07) is 8.30. The van der Waals surface area contributed by atoms with E-state index in [0.29, 0.717) is 0 Å². The van der Waals surface area contributed by atoms with Gasteiger partial charge in [0.05, 0.1) is 0 Å². The molecule has 2 rings (SSSR count). The number of nitrogens with zero attached hydrogens (tertiary/aromatic N) is 1. The average Bonchev–Trinajstić information content (AvgIpc) is 2.38. The molecule has 18 heavy (non-hydrogen) atoms. The van der Waals surface area contributed by atoms with Gasteiger partial charge in [0.15, 0.2) is 0 Å². The van der Waals surface area contributed by atoms with Crippen molar-refractivity contribution in [2.75, 3.05) is 12.8 Å². The zero-order chi connectivity index (χ0) is 13.1. The number of nitrogens with two attached hydrogens (primary N) is 1. The van der Waals surface area contributed by atoms with Gasteiger partial charge >= 0.3 is 0 Å². The normalized spacial score (nSPS) is 24.1. The Kier molecular flexibility index (Phi) is 4.30. The number of thioether (sulfide) groups is 1. The third-order valence-electron chi connectivity index (χ3n) is 3.51. The fourth-order valence-corrected chi connectivity index (χ4v) is 2.82. The molecule has 4 heteroatoms. The molecule has 0 radical (unpaired) electrons. The van der Waals surface area contributed by atoms with Gasteiger partial charge in [-0.05, 0) is 50.3 Å². The van der Waals surface area contributed by atoms with Crippen molar-refractivity contribution in [3.8, 4) is 0 Å². The predicted molar refractivity (Wildman–Crippen MR) is 75.9 cm³/mol. The summed E-state index contributed by atoms with van der Waals surface area (Å²) in [6.07, 6.45) is 3.83. The smallest absolute Gasteiger partial charge is 0.254 e. The van der Waals surface area contributed by atoms with Crippen LogP contribution in [0.1, 0.15) is 30.1 Å². The van der Waals surface area contributed by atoms with Crippen molar-refractivity contribution in [1.29, 1.82) is 0 Å². The van der Waals surface area contributed by atoms with E-state index >= 15 is 0 Å². The molecule has 1 aromatic rings. The maximum absolute atomic E-state index is 12.4. The Balaban J connectivity index is 2.10. The fourth-order valence-electron chi connectivity index (χ4n) is 2.41. The second-order valence-corrected chi connectivity index (χ2v) is 5.74. The minimum absolute atomic E-state index is 0.127. The van der Waals surface area contributed by atoms with Crippen molar-refractivity contribution in [1.82, 2.24) is 4.90 Å². The van der Waals surface area contributed by atoms with Gasteiger partial charge in [-0.3, -0.25) is 4.79 Å². The highest BCUT2D eigenvalue weighted by Crippen LogP contribution is 2.20. The van der Waals surface area contributed by atoms with Crippen molar-refractivity contribution >= 4 is 17.7 Å². The maximum atomic E-state index is 12.4. The van der Waals surface area contributed by atoms with E-state index in [1.807, 2.05) is 35.4 Å². The molecule has 0 saturated carbocycles. The van der Waals surface area contributed by atoms with Crippen LogP contribution in [-0.2, 0) is 0 Å². The van der Waals surface area contributed by atoms with Crippen LogP contribution in [0.25, 0.3) is 0 Å². The van der Waals surface area contributed by atoms with Crippen LogP contribution in [0.2, 0.25) is 0 Å². The van der Waals surface area contributed by atoms with Gasteiger partial charge < -0.3 is 10.6 Å². The van der Waals surface area contributed by atoms with E-state index in [-0.39, 0.29) is 18.0 Å². The van der Waals surface area contributed by atoms with Crippen molar-refractivity contribution in [3.63, 3.8) is 0 Å². The van der Waals surface area contributed by atoms with E-state index < -0.39 is 0 Å². The number of hydrogen-bond acceptors (Lipinski definition) is 3. The molecule has 98 valence electrons. The maximum Gasteiger partial charge on any atom is 0.254 e. The molecular formula is C14H20N2OS. The summed E-state index contributed by atoms with van der Waals surface area (Å²) >= 11 is 1.68. The number of piperidine rings is 1. The molecule has 2 unspecified atom stereocenters. The minimum Gasteiger partial charge on any atom is -0.336 e. The van der Waals surface area contributed by atoms with Gasteiger partial charge in [-0.2, -0.15) is 0 Å². The molecule has 0 aliphatic carbocycles. The summed E-state index contributed by atoms with van der Waals surface area (Å²) in [5, 5.41) is 0. The van der Waals surface area contributed by atoms with Crippen LogP contribution in [0.3, 0.4) is 0 Å². The molecule has 3 nitrogen and oxygen atoms in total. The van der Waals surface area contributed by atoms with Gasteiger partial charge in [-0.1, -0.05) is 0 Å². The average molecular weight is 264 g/mol. The molecule has 1 amide bonds. The third kappa shape index (κ3) is 2.87. The van der Waals surface area contributed by atoms with Crippen LogP contribution in [0.15, 0.2) is 29.2 Å². The monoisotopic (exact) mass is 264 g/mol. The Morgan fingerprint density at radius 3 is 2.61 bits per heavy atom. The van der Waals surface area contributed by atoms with Crippen LogP contribution in [-0.4, -0.2) is 35.7 Å². The second-order valence-electron chi connectivity index (χ2n) is 4.86. The molecule has 1 aromatic carbocycles. The molecule has 0 bridgehead atoms. The molecule has 1 fully saturated rings. The van der Waals surface area contributed by atoms with Crippen molar-refractivity contribution in [2.24, 2.45) is 5.73 Å². The predicted octanol–water partition coefficient (Wildman–Crippen LogP) is 2.36. The molecule has 2 N–H and O–H groups in total. The topological polar surface area (TPSA) is 46.3 Å². The van der Waals surface area contributed by atoms with E-state index in [9.17, 15) is 4.79 Å². The largest absolute Gasteiger partial charge is 0.336 e. The number of carbonyl (C=O) groups excluding carboxylic acids is 1. The summed E-state index contributed by atoms with van der Waals surface area (Å²) in [6.45, 7) is 2.85. The molecule has 1 aliphatic rings. The lowest BCUT2D eigenvalue weighted by atomic mass is 9.98. The third-order valence-corrected chi connectivity index (χ3v) is 4.26. The van der Waals surface area contributed by atoms with Crippen LogP contribution in [0.4, 0.5) is 0 Å². The highest BCUT2D eigenvalue weighted by molar-refractivity contribution is 7.98. The lowest BCUT2D eigenvalue weighted by Crippen LogP contribution is -2.48. The lowest BCUT2D eigenvalue weighted by Gasteiger charge is -2.36. The van der Waals surface area contributed by atoms with Crippen molar-refractivity contribution in [3.05, 3.63) is 29.8 Å². The summed E-state index contributed by atoms with van der Waals surface area (Å²) in [5.74, 6) is 0.127. The standard InChI is InChI=1S/C14H20N2OS/c1-10-9-12(15)7-8-16(10)14(17)11-3-5-13(18-2)6-4-11/h3-6,10,12H,7-9,15H2,1-2H3. The van der Waals surface area contributed by atoms with E-state index in [1.165, 1.54) is 4.90 Å². The highest BCUT2D eigenvalue weighted by Gasteiger charge is 2.27. The van der Waals surface area contributed by atoms with Crippen molar-refractivity contribution < 1.29 is 4.79 Å². The molecule has 2 atom stereocenters. The fraction of sp³-hybridized carbons (Fsp3) is 0.500. The molecular weight excluding hydrogens is 244 g/mol. The first kappa shape index (κ1) is 13.4. The number of carbonyl (C=O) groups is 1. The number of hydrogen-bond donors (Lipinski definition) is 1. The first-order valence-corrected chi connectivity index (χ1v) is 7.55. The highest BCUT2D eigenvalue weighted by atomic mass is 32.2. The second kappa shape index (κ2) is 5.76. The molecule has 0 spiro atoms. The Bertz CT molecular complexity index is 418. The molecule has 0 aromatic heterocycles. The molecule has 1 aliphatic heterocycles. The van der Waals surface area contributed by atoms with Gasteiger partial charge in [0.2, 0.25) is 0 Å². The van der Waals surface area contributed by atoms with E-state index in [2.05, 4.69) is 6.92 Å². The first-order valence-electron chi connectivity index (χ1n) is 6.32. The number of rotatable bonds is 2. The van der Waals surface area contributed by atoms with Crippen LogP contribution in [0, 0.1) is 0 Å². The summed E-state index contributed by atoms with van der Waals surface area (Å²) in [4.78, 5) is 15.5. The van der Waals surface area contributed by atoms with Crippen LogP contribution in [0.5, 0.6) is 0 Å². The number of likely N-dealkylation sites (tertiary alicyclic amines) is 1. The van der Waals surface area contributed by atoms with Crippen LogP contribution >= 0.6 is 11.8 Å². The summed E-state index contributed by atoms with van der Waals surface area (Å²) in [7, 11) is 0. The number of amides is 1. The van der Waals surface area contributed by atoms with Gasteiger partial charge in [0, 0.05) is 29.1 Å². The Morgan fingerprint density at radius 1 is 1.39 bits per heavy atom.